The summed E-state index contributed by atoms with van der Waals surface area (Å²) in [6, 6.07) is 8.13. The van der Waals surface area contributed by atoms with Gasteiger partial charge in [0.2, 0.25) is 0 Å². The fourth-order valence-corrected chi connectivity index (χ4v) is 2.45. The van der Waals surface area contributed by atoms with Gasteiger partial charge in [0.05, 0.1) is 6.61 Å². The van der Waals surface area contributed by atoms with Crippen LogP contribution in [-0.4, -0.2) is 11.7 Å². The van der Waals surface area contributed by atoms with Crippen LogP contribution in [0.15, 0.2) is 40.9 Å². The molecule has 0 saturated carbocycles. The lowest BCUT2D eigenvalue weighted by Crippen LogP contribution is -2.04. The molecule has 1 unspecified atom stereocenters. The second-order valence-electron chi connectivity index (χ2n) is 4.18. The summed E-state index contributed by atoms with van der Waals surface area (Å²) < 4.78 is 32.5. The number of benzene rings is 2. The number of hydrogen-bond acceptors (Lipinski definition) is 2. The van der Waals surface area contributed by atoms with Gasteiger partial charge in [-0.1, -0.05) is 28.1 Å². The minimum atomic E-state index is -1.18. The van der Waals surface area contributed by atoms with Crippen molar-refractivity contribution in [1.29, 1.82) is 0 Å². The molecule has 5 heteroatoms. The maximum atomic E-state index is 13.7. The number of aliphatic hydroxyl groups is 1. The first-order valence-electron chi connectivity index (χ1n) is 6.08. The van der Waals surface area contributed by atoms with E-state index in [2.05, 4.69) is 15.9 Å². The van der Waals surface area contributed by atoms with Gasteiger partial charge in [-0.2, -0.15) is 0 Å². The third-order valence-electron chi connectivity index (χ3n) is 2.83. The van der Waals surface area contributed by atoms with Gasteiger partial charge in [0.15, 0.2) is 0 Å². The maximum Gasteiger partial charge on any atom is 0.132 e. The predicted molar refractivity (Wildman–Crippen MR) is 75.7 cm³/mol. The zero-order chi connectivity index (χ0) is 14.7. The minimum absolute atomic E-state index is 0.0243. The highest BCUT2D eigenvalue weighted by atomic mass is 79.9. The van der Waals surface area contributed by atoms with Gasteiger partial charge in [-0.15, -0.1) is 0 Å². The summed E-state index contributed by atoms with van der Waals surface area (Å²) in [6.07, 6.45) is -1.18. The van der Waals surface area contributed by atoms with E-state index in [9.17, 15) is 13.9 Å². The van der Waals surface area contributed by atoms with Crippen LogP contribution in [0.2, 0.25) is 0 Å². The second kappa shape index (κ2) is 6.33. The Bertz CT molecular complexity index is 617. The van der Waals surface area contributed by atoms with E-state index < -0.39 is 17.7 Å². The van der Waals surface area contributed by atoms with Crippen LogP contribution in [0.25, 0.3) is 0 Å². The van der Waals surface area contributed by atoms with Crippen molar-refractivity contribution in [2.24, 2.45) is 0 Å². The molecule has 0 saturated heterocycles. The molecule has 1 atom stereocenters. The van der Waals surface area contributed by atoms with Gasteiger partial charge in [-0.25, -0.2) is 8.78 Å². The lowest BCUT2D eigenvalue weighted by atomic mass is 10.0. The van der Waals surface area contributed by atoms with Crippen LogP contribution in [0.4, 0.5) is 8.78 Å². The van der Waals surface area contributed by atoms with Crippen LogP contribution in [0.3, 0.4) is 0 Å². The third kappa shape index (κ3) is 3.16. The standard InChI is InChI=1S/C15H13BrF2O2/c1-2-20-10-4-6-11(13(16)8-10)15(19)12-5-3-9(17)7-14(12)18/h3-8,15,19H,2H2,1H3. The molecule has 1 N–H and O–H groups in total. The zero-order valence-corrected chi connectivity index (χ0v) is 12.3. The molecule has 0 fully saturated rings. The Morgan fingerprint density at radius 1 is 1.15 bits per heavy atom. The normalized spacial score (nSPS) is 12.2. The first-order valence-corrected chi connectivity index (χ1v) is 6.87. The molecule has 106 valence electrons. The molecule has 20 heavy (non-hydrogen) atoms. The SMILES string of the molecule is CCOc1ccc(C(O)c2ccc(F)cc2F)c(Br)c1. The Kier molecular flexibility index (Phi) is 4.73. The first-order chi connectivity index (χ1) is 9.52. The van der Waals surface area contributed by atoms with Crippen LogP contribution in [0.1, 0.15) is 24.2 Å². The van der Waals surface area contributed by atoms with E-state index in [-0.39, 0.29) is 5.56 Å². The largest absolute Gasteiger partial charge is 0.494 e. The van der Waals surface area contributed by atoms with Gasteiger partial charge in [0.1, 0.15) is 23.5 Å². The molecule has 0 bridgehead atoms. The number of rotatable bonds is 4. The van der Waals surface area contributed by atoms with Gasteiger partial charge >= 0.3 is 0 Å². The molecule has 0 spiro atoms. The molecule has 0 heterocycles. The van der Waals surface area contributed by atoms with Crippen LogP contribution in [0.5, 0.6) is 5.75 Å². The maximum absolute atomic E-state index is 13.7. The third-order valence-corrected chi connectivity index (χ3v) is 3.52. The molecule has 2 rings (SSSR count). The van der Waals surface area contributed by atoms with Crippen molar-refractivity contribution in [3.05, 3.63) is 63.6 Å². The average Bonchev–Trinajstić information content (AvgIpc) is 2.38. The summed E-state index contributed by atoms with van der Waals surface area (Å²) >= 11 is 3.32. The minimum Gasteiger partial charge on any atom is -0.494 e. The molecule has 0 amide bonds. The Morgan fingerprint density at radius 2 is 1.85 bits per heavy atom. The summed E-state index contributed by atoms with van der Waals surface area (Å²) in [4.78, 5) is 0. The van der Waals surface area contributed by atoms with Crippen molar-refractivity contribution >= 4 is 15.9 Å². The zero-order valence-electron chi connectivity index (χ0n) is 10.7. The highest BCUT2D eigenvalue weighted by Gasteiger charge is 2.18. The molecule has 0 aliphatic heterocycles. The molecular formula is C15H13BrF2O2. The van der Waals surface area contributed by atoms with Crippen LogP contribution < -0.4 is 4.74 Å². The quantitative estimate of drug-likeness (QED) is 0.901. The van der Waals surface area contributed by atoms with Crippen molar-refractivity contribution in [2.45, 2.75) is 13.0 Å². The Morgan fingerprint density at radius 3 is 2.45 bits per heavy atom. The molecule has 2 aromatic rings. The van der Waals surface area contributed by atoms with Crippen molar-refractivity contribution in [1.82, 2.24) is 0 Å². The number of ether oxygens (including phenoxy) is 1. The first kappa shape index (κ1) is 14.9. The average molecular weight is 343 g/mol. The fraction of sp³-hybridized carbons (Fsp3) is 0.200. The summed E-state index contributed by atoms with van der Waals surface area (Å²) in [5, 5.41) is 10.2. The molecule has 0 aliphatic carbocycles. The van der Waals surface area contributed by atoms with Crippen molar-refractivity contribution in [2.75, 3.05) is 6.61 Å². The Hall–Kier alpha value is -1.46. The molecule has 0 aliphatic rings. The smallest absolute Gasteiger partial charge is 0.132 e. The lowest BCUT2D eigenvalue weighted by Gasteiger charge is -2.15. The fourth-order valence-electron chi connectivity index (χ4n) is 1.88. The number of hydrogen-bond donors (Lipinski definition) is 1. The van der Waals surface area contributed by atoms with Crippen molar-refractivity contribution in [3.63, 3.8) is 0 Å². The molecule has 2 nitrogen and oxygen atoms in total. The van der Waals surface area contributed by atoms with Crippen LogP contribution in [-0.2, 0) is 0 Å². The van der Waals surface area contributed by atoms with E-state index in [1.54, 1.807) is 18.2 Å². The summed E-state index contributed by atoms with van der Waals surface area (Å²) in [7, 11) is 0. The van der Waals surface area contributed by atoms with E-state index in [0.717, 1.165) is 12.1 Å². The highest BCUT2D eigenvalue weighted by molar-refractivity contribution is 9.10. The van der Waals surface area contributed by atoms with Crippen molar-refractivity contribution < 1.29 is 18.6 Å². The topological polar surface area (TPSA) is 29.5 Å². The summed E-state index contributed by atoms with van der Waals surface area (Å²) in [6.45, 7) is 2.39. The van der Waals surface area contributed by atoms with Gasteiger partial charge in [0, 0.05) is 16.1 Å². The molecule has 2 aromatic carbocycles. The second-order valence-corrected chi connectivity index (χ2v) is 5.04. The number of aliphatic hydroxyl groups excluding tert-OH is 1. The van der Waals surface area contributed by atoms with Crippen LogP contribution >= 0.6 is 15.9 Å². The van der Waals surface area contributed by atoms with E-state index in [4.69, 9.17) is 4.74 Å². The molecule has 0 radical (unpaired) electrons. The van der Waals surface area contributed by atoms with E-state index in [1.807, 2.05) is 6.92 Å². The Labute approximate surface area is 124 Å². The van der Waals surface area contributed by atoms with Gasteiger partial charge in [0.25, 0.3) is 0 Å². The monoisotopic (exact) mass is 342 g/mol. The lowest BCUT2D eigenvalue weighted by molar-refractivity contribution is 0.213. The predicted octanol–water partition coefficient (Wildman–Crippen LogP) is 4.21. The van der Waals surface area contributed by atoms with Gasteiger partial charge in [-0.05, 0) is 30.7 Å². The summed E-state index contributed by atoms with van der Waals surface area (Å²) in [5.74, 6) is -0.808. The highest BCUT2D eigenvalue weighted by Crippen LogP contribution is 2.32. The molecular weight excluding hydrogens is 330 g/mol. The molecule has 0 aromatic heterocycles. The van der Waals surface area contributed by atoms with E-state index in [1.165, 1.54) is 6.07 Å². The number of halogens is 3. The Balaban J connectivity index is 2.35. The van der Waals surface area contributed by atoms with Crippen molar-refractivity contribution in [3.8, 4) is 5.75 Å². The van der Waals surface area contributed by atoms with Crippen LogP contribution in [0, 0.1) is 11.6 Å². The van der Waals surface area contributed by atoms with E-state index in [0.29, 0.717) is 22.4 Å². The summed E-state index contributed by atoms with van der Waals surface area (Å²) in [5.41, 5.74) is 0.509. The van der Waals surface area contributed by atoms with E-state index >= 15 is 0 Å². The van der Waals surface area contributed by atoms with Gasteiger partial charge in [-0.3, -0.25) is 0 Å². The van der Waals surface area contributed by atoms with Gasteiger partial charge < -0.3 is 9.84 Å².